The van der Waals surface area contributed by atoms with Crippen molar-refractivity contribution in [2.75, 3.05) is 16.9 Å². The number of nitrogens with zero attached hydrogens (tertiary/aromatic N) is 3. The number of nitrogens with one attached hydrogen (secondary N) is 1. The van der Waals surface area contributed by atoms with Gasteiger partial charge in [0.15, 0.2) is 0 Å². The first kappa shape index (κ1) is 20.1. The van der Waals surface area contributed by atoms with Crippen molar-refractivity contribution < 1.29 is 9.59 Å². The van der Waals surface area contributed by atoms with Gasteiger partial charge >= 0.3 is 0 Å². The van der Waals surface area contributed by atoms with Crippen molar-refractivity contribution >= 4 is 40.6 Å². The van der Waals surface area contributed by atoms with Crippen LogP contribution in [-0.4, -0.2) is 39.4 Å². The fourth-order valence-electron chi connectivity index (χ4n) is 3.12. The molecule has 1 atom stereocenters. The fraction of sp³-hybridized carbons (Fsp3) is 0.182. The molecule has 6 nitrogen and oxygen atoms in total. The van der Waals surface area contributed by atoms with Gasteiger partial charge in [-0.3, -0.25) is 9.59 Å². The molecular formula is C22H18N4O2S2. The molecule has 0 spiro atoms. The number of thiazole rings is 1. The SMILES string of the molecule is N#Cc1ccc(NC(=O)C2CSCN2C(=O)c2csc(Cc3ccccc3)n2)cc1. The summed E-state index contributed by atoms with van der Waals surface area (Å²) in [6, 6.07) is 18.1. The zero-order valence-corrected chi connectivity index (χ0v) is 17.6. The molecule has 150 valence electrons. The van der Waals surface area contributed by atoms with E-state index in [9.17, 15) is 9.59 Å². The minimum absolute atomic E-state index is 0.226. The third-order valence-electron chi connectivity index (χ3n) is 4.70. The molecule has 0 aliphatic carbocycles. The molecule has 0 bridgehead atoms. The predicted molar refractivity (Wildman–Crippen MR) is 118 cm³/mol. The number of aromatic nitrogens is 1. The van der Waals surface area contributed by atoms with Crippen molar-refractivity contribution in [1.82, 2.24) is 9.88 Å². The van der Waals surface area contributed by atoms with Crippen LogP contribution in [0.25, 0.3) is 0 Å². The summed E-state index contributed by atoms with van der Waals surface area (Å²) in [5.41, 5.74) is 2.64. The van der Waals surface area contributed by atoms with E-state index in [1.54, 1.807) is 46.3 Å². The largest absolute Gasteiger partial charge is 0.324 e. The van der Waals surface area contributed by atoms with Crippen molar-refractivity contribution in [3.8, 4) is 6.07 Å². The highest BCUT2D eigenvalue weighted by Crippen LogP contribution is 2.25. The number of amides is 2. The highest BCUT2D eigenvalue weighted by atomic mass is 32.2. The molecule has 8 heteroatoms. The molecule has 4 rings (SSSR count). The number of rotatable bonds is 5. The van der Waals surface area contributed by atoms with Crippen LogP contribution in [0.15, 0.2) is 60.0 Å². The van der Waals surface area contributed by atoms with Gasteiger partial charge in [0, 0.05) is 23.2 Å². The quantitative estimate of drug-likeness (QED) is 0.661. The van der Waals surface area contributed by atoms with Gasteiger partial charge in [0.2, 0.25) is 5.91 Å². The molecule has 1 aliphatic rings. The Hall–Kier alpha value is -3.15. The Labute approximate surface area is 182 Å². The minimum atomic E-state index is -0.558. The maximum Gasteiger partial charge on any atom is 0.274 e. The molecule has 1 aliphatic heterocycles. The molecule has 2 amide bonds. The Bertz CT molecular complexity index is 1090. The predicted octanol–water partition coefficient (Wildman–Crippen LogP) is 3.76. The number of carbonyl (C=O) groups excluding carboxylic acids is 2. The lowest BCUT2D eigenvalue weighted by Crippen LogP contribution is -2.44. The van der Waals surface area contributed by atoms with Crippen LogP contribution in [0.4, 0.5) is 5.69 Å². The zero-order valence-electron chi connectivity index (χ0n) is 15.9. The van der Waals surface area contributed by atoms with Crippen LogP contribution in [0.1, 0.15) is 26.6 Å². The minimum Gasteiger partial charge on any atom is -0.324 e. The summed E-state index contributed by atoms with van der Waals surface area (Å²) in [5.74, 6) is 0.526. The summed E-state index contributed by atoms with van der Waals surface area (Å²) in [4.78, 5) is 31.8. The molecular weight excluding hydrogens is 416 g/mol. The molecule has 1 unspecified atom stereocenters. The van der Waals surface area contributed by atoms with Gasteiger partial charge in [-0.2, -0.15) is 5.26 Å². The Morgan fingerprint density at radius 2 is 1.93 bits per heavy atom. The van der Waals surface area contributed by atoms with Gasteiger partial charge in [-0.05, 0) is 29.8 Å². The van der Waals surface area contributed by atoms with Gasteiger partial charge in [-0.25, -0.2) is 4.98 Å². The van der Waals surface area contributed by atoms with E-state index in [-0.39, 0.29) is 11.8 Å². The van der Waals surface area contributed by atoms with Crippen LogP contribution in [0.2, 0.25) is 0 Å². The number of nitriles is 1. The third kappa shape index (κ3) is 4.53. The molecule has 1 N–H and O–H groups in total. The smallest absolute Gasteiger partial charge is 0.274 e. The van der Waals surface area contributed by atoms with E-state index in [1.807, 2.05) is 36.4 Å². The second kappa shape index (κ2) is 9.11. The summed E-state index contributed by atoms with van der Waals surface area (Å²) in [7, 11) is 0. The highest BCUT2D eigenvalue weighted by molar-refractivity contribution is 7.99. The van der Waals surface area contributed by atoms with E-state index < -0.39 is 6.04 Å². The Morgan fingerprint density at radius 3 is 2.67 bits per heavy atom. The normalized spacial score (nSPS) is 15.6. The van der Waals surface area contributed by atoms with Crippen molar-refractivity contribution in [3.05, 3.63) is 81.8 Å². The first-order valence-electron chi connectivity index (χ1n) is 9.32. The van der Waals surface area contributed by atoms with Crippen LogP contribution in [0.5, 0.6) is 0 Å². The van der Waals surface area contributed by atoms with Crippen LogP contribution < -0.4 is 5.32 Å². The molecule has 1 aromatic heterocycles. The average Bonchev–Trinajstić information content (AvgIpc) is 3.44. The molecule has 3 aromatic rings. The summed E-state index contributed by atoms with van der Waals surface area (Å²) < 4.78 is 0. The molecule has 2 aromatic carbocycles. The van der Waals surface area contributed by atoms with Crippen LogP contribution >= 0.6 is 23.1 Å². The zero-order chi connectivity index (χ0) is 20.9. The van der Waals surface area contributed by atoms with Crippen LogP contribution in [0.3, 0.4) is 0 Å². The number of carbonyl (C=O) groups is 2. The van der Waals surface area contributed by atoms with Crippen molar-refractivity contribution in [3.63, 3.8) is 0 Å². The Kier molecular flexibility index (Phi) is 6.12. The lowest BCUT2D eigenvalue weighted by atomic mass is 10.2. The van der Waals surface area contributed by atoms with Crippen LogP contribution in [-0.2, 0) is 11.2 Å². The third-order valence-corrected chi connectivity index (χ3v) is 6.56. The first-order chi connectivity index (χ1) is 14.6. The van der Waals surface area contributed by atoms with Gasteiger partial charge in [0.05, 0.1) is 22.5 Å². The lowest BCUT2D eigenvalue weighted by Gasteiger charge is -2.22. The first-order valence-corrected chi connectivity index (χ1v) is 11.4. The second-order valence-corrected chi connectivity index (χ2v) is 8.70. The van der Waals surface area contributed by atoms with E-state index in [2.05, 4.69) is 10.3 Å². The fourth-order valence-corrected chi connectivity index (χ4v) is 5.08. The molecule has 0 saturated carbocycles. The number of anilines is 1. The van der Waals surface area contributed by atoms with E-state index in [0.717, 1.165) is 10.6 Å². The van der Waals surface area contributed by atoms with E-state index in [0.29, 0.717) is 35.0 Å². The van der Waals surface area contributed by atoms with Gasteiger partial charge in [-0.15, -0.1) is 23.1 Å². The number of hydrogen-bond donors (Lipinski definition) is 1. The summed E-state index contributed by atoms with van der Waals surface area (Å²) in [6.07, 6.45) is 0.677. The molecule has 1 fully saturated rings. The van der Waals surface area contributed by atoms with Gasteiger partial charge in [0.1, 0.15) is 11.7 Å². The average molecular weight is 435 g/mol. The summed E-state index contributed by atoms with van der Waals surface area (Å²) >= 11 is 3.00. The standard InChI is InChI=1S/C22H18N4O2S2/c23-11-16-6-8-17(9-7-16)24-21(27)19-13-29-14-26(19)22(28)18-12-30-20(25-18)10-15-4-2-1-3-5-15/h1-9,12,19H,10,13-14H2,(H,24,27). The number of benzene rings is 2. The second-order valence-electron chi connectivity index (χ2n) is 6.76. The highest BCUT2D eigenvalue weighted by Gasteiger charge is 2.36. The van der Waals surface area contributed by atoms with Gasteiger partial charge in [0.25, 0.3) is 5.91 Å². The maximum atomic E-state index is 13.0. The van der Waals surface area contributed by atoms with Crippen molar-refractivity contribution in [2.45, 2.75) is 12.5 Å². The van der Waals surface area contributed by atoms with Gasteiger partial charge in [-0.1, -0.05) is 30.3 Å². The lowest BCUT2D eigenvalue weighted by molar-refractivity contribution is -0.119. The maximum absolute atomic E-state index is 13.0. The Balaban J connectivity index is 1.43. The topological polar surface area (TPSA) is 86.1 Å². The summed E-state index contributed by atoms with van der Waals surface area (Å²) in [5, 5.41) is 14.4. The molecule has 0 radical (unpaired) electrons. The van der Waals surface area contributed by atoms with E-state index in [1.165, 1.54) is 11.3 Å². The number of thioether (sulfide) groups is 1. The monoisotopic (exact) mass is 434 g/mol. The molecule has 30 heavy (non-hydrogen) atoms. The van der Waals surface area contributed by atoms with E-state index in [4.69, 9.17) is 5.26 Å². The molecule has 2 heterocycles. The van der Waals surface area contributed by atoms with E-state index >= 15 is 0 Å². The van der Waals surface area contributed by atoms with Gasteiger partial charge < -0.3 is 10.2 Å². The van der Waals surface area contributed by atoms with Crippen LogP contribution in [0, 0.1) is 11.3 Å². The van der Waals surface area contributed by atoms with Crippen molar-refractivity contribution in [1.29, 1.82) is 5.26 Å². The number of hydrogen-bond acceptors (Lipinski definition) is 6. The Morgan fingerprint density at radius 1 is 1.17 bits per heavy atom. The van der Waals surface area contributed by atoms with Crippen molar-refractivity contribution in [2.24, 2.45) is 0 Å². The summed E-state index contributed by atoms with van der Waals surface area (Å²) in [6.45, 7) is 0. The molecule has 1 saturated heterocycles.